The van der Waals surface area contributed by atoms with Crippen molar-refractivity contribution in [2.24, 2.45) is 0 Å². The molecule has 0 radical (unpaired) electrons. The Morgan fingerprint density at radius 2 is 1.65 bits per heavy atom. The SMILES string of the molecule is CN(C)CCOc1c(N(C=O)CCOc2ccc(C(=O)Nc3ccccc3N)cc2)oc2ccccc12. The normalized spacial score (nSPS) is 10.9. The van der Waals surface area contributed by atoms with Crippen molar-refractivity contribution in [1.29, 1.82) is 0 Å². The van der Waals surface area contributed by atoms with Crippen LogP contribution in [0.4, 0.5) is 17.3 Å². The highest BCUT2D eigenvalue weighted by Gasteiger charge is 2.21. The first-order valence-electron chi connectivity index (χ1n) is 11.9. The standard InChI is InChI=1S/C28H30N4O5/c1-31(2)15-17-36-26-22-7-3-6-10-25(22)37-28(26)32(19-33)16-18-35-21-13-11-20(12-14-21)27(34)30-24-9-5-4-8-23(24)29/h3-14,19H,15-18,29H2,1-2H3,(H,30,34). The summed E-state index contributed by atoms with van der Waals surface area (Å²) in [5.74, 6) is 1.15. The Balaban J connectivity index is 1.38. The van der Waals surface area contributed by atoms with Gasteiger partial charge in [0, 0.05) is 12.1 Å². The average Bonchev–Trinajstić information content (AvgIpc) is 3.26. The van der Waals surface area contributed by atoms with Gasteiger partial charge in [-0.15, -0.1) is 0 Å². The van der Waals surface area contributed by atoms with Crippen LogP contribution in [-0.2, 0) is 4.79 Å². The van der Waals surface area contributed by atoms with Crippen LogP contribution in [0.3, 0.4) is 0 Å². The van der Waals surface area contributed by atoms with E-state index in [9.17, 15) is 9.59 Å². The molecule has 4 aromatic rings. The fourth-order valence-corrected chi connectivity index (χ4v) is 3.64. The number of benzene rings is 3. The number of ether oxygens (including phenoxy) is 2. The molecule has 0 atom stereocenters. The summed E-state index contributed by atoms with van der Waals surface area (Å²) >= 11 is 0. The third-order valence-corrected chi connectivity index (χ3v) is 5.63. The number of nitrogen functional groups attached to an aromatic ring is 1. The van der Waals surface area contributed by atoms with E-state index in [1.54, 1.807) is 48.5 Å². The topological polar surface area (TPSA) is 110 Å². The van der Waals surface area contributed by atoms with E-state index in [-0.39, 0.29) is 19.1 Å². The van der Waals surface area contributed by atoms with E-state index in [0.717, 1.165) is 11.9 Å². The molecule has 4 rings (SSSR count). The molecule has 192 valence electrons. The molecule has 3 N–H and O–H groups in total. The van der Waals surface area contributed by atoms with Gasteiger partial charge in [-0.1, -0.05) is 24.3 Å². The van der Waals surface area contributed by atoms with Gasteiger partial charge in [0.1, 0.15) is 24.5 Å². The molecule has 0 saturated carbocycles. The van der Waals surface area contributed by atoms with E-state index in [4.69, 9.17) is 19.6 Å². The van der Waals surface area contributed by atoms with Crippen LogP contribution < -0.4 is 25.4 Å². The number of fused-ring (bicyclic) bond motifs is 1. The van der Waals surface area contributed by atoms with Gasteiger partial charge in [-0.25, -0.2) is 0 Å². The number of likely N-dealkylation sites (N-methyl/N-ethyl adjacent to an activating group) is 1. The summed E-state index contributed by atoms with van der Waals surface area (Å²) < 4.78 is 17.8. The monoisotopic (exact) mass is 502 g/mol. The van der Waals surface area contributed by atoms with Gasteiger partial charge in [0.25, 0.3) is 5.91 Å². The van der Waals surface area contributed by atoms with E-state index in [1.165, 1.54) is 4.90 Å². The molecule has 0 bridgehead atoms. The van der Waals surface area contributed by atoms with Crippen molar-refractivity contribution in [1.82, 2.24) is 4.90 Å². The smallest absolute Gasteiger partial charge is 0.255 e. The Kier molecular flexibility index (Phi) is 8.27. The third-order valence-electron chi connectivity index (χ3n) is 5.63. The minimum Gasteiger partial charge on any atom is -0.492 e. The van der Waals surface area contributed by atoms with Crippen molar-refractivity contribution in [3.63, 3.8) is 0 Å². The van der Waals surface area contributed by atoms with E-state index in [0.29, 0.717) is 52.9 Å². The van der Waals surface area contributed by atoms with Crippen LogP contribution in [0.2, 0.25) is 0 Å². The van der Waals surface area contributed by atoms with Gasteiger partial charge in [0.05, 0.1) is 23.3 Å². The number of carbonyl (C=O) groups is 2. The highest BCUT2D eigenvalue weighted by molar-refractivity contribution is 6.05. The quantitative estimate of drug-likeness (QED) is 0.220. The van der Waals surface area contributed by atoms with Gasteiger partial charge in [-0.3, -0.25) is 14.5 Å². The molecule has 0 spiro atoms. The molecular formula is C28H30N4O5. The molecule has 0 unspecified atom stereocenters. The number of nitrogens with two attached hydrogens (primary N) is 1. The number of furan rings is 1. The van der Waals surface area contributed by atoms with Gasteiger partial charge in [-0.2, -0.15) is 0 Å². The highest BCUT2D eigenvalue weighted by atomic mass is 16.5. The number of nitrogens with zero attached hydrogens (tertiary/aromatic N) is 2. The van der Waals surface area contributed by atoms with Crippen molar-refractivity contribution in [2.75, 3.05) is 56.3 Å². The second kappa shape index (κ2) is 12.0. The van der Waals surface area contributed by atoms with Gasteiger partial charge in [0.2, 0.25) is 12.3 Å². The molecule has 9 nitrogen and oxygen atoms in total. The first-order chi connectivity index (χ1) is 18.0. The summed E-state index contributed by atoms with van der Waals surface area (Å²) in [6.45, 7) is 1.61. The molecule has 0 aliphatic carbocycles. The summed E-state index contributed by atoms with van der Waals surface area (Å²) in [6, 6.07) is 21.3. The Bertz CT molecular complexity index is 1350. The molecule has 0 aliphatic heterocycles. The van der Waals surface area contributed by atoms with Crippen molar-refractivity contribution >= 4 is 40.5 Å². The van der Waals surface area contributed by atoms with E-state index >= 15 is 0 Å². The fourth-order valence-electron chi connectivity index (χ4n) is 3.64. The summed E-state index contributed by atoms with van der Waals surface area (Å²) in [4.78, 5) is 27.9. The summed E-state index contributed by atoms with van der Waals surface area (Å²) in [5.41, 5.74) is 8.04. The zero-order valence-electron chi connectivity index (χ0n) is 20.8. The molecule has 3 aromatic carbocycles. The first-order valence-corrected chi connectivity index (χ1v) is 11.9. The predicted molar refractivity (Wildman–Crippen MR) is 144 cm³/mol. The molecule has 0 saturated heterocycles. The maximum absolute atomic E-state index is 12.5. The summed E-state index contributed by atoms with van der Waals surface area (Å²) in [7, 11) is 3.93. The zero-order valence-corrected chi connectivity index (χ0v) is 20.8. The molecule has 1 aromatic heterocycles. The predicted octanol–water partition coefficient (Wildman–Crippen LogP) is 4.25. The maximum atomic E-state index is 12.5. The lowest BCUT2D eigenvalue weighted by atomic mass is 10.2. The number of carbonyl (C=O) groups excluding carboxylic acids is 2. The van der Waals surface area contributed by atoms with Gasteiger partial charge >= 0.3 is 0 Å². The lowest BCUT2D eigenvalue weighted by molar-refractivity contribution is -0.107. The number of anilines is 3. The number of hydrogen-bond donors (Lipinski definition) is 2. The van der Waals surface area contributed by atoms with Crippen molar-refractivity contribution in [2.45, 2.75) is 0 Å². The van der Waals surface area contributed by atoms with Gasteiger partial charge in [0.15, 0.2) is 5.75 Å². The van der Waals surface area contributed by atoms with Crippen LogP contribution in [0, 0.1) is 0 Å². The second-order valence-corrected chi connectivity index (χ2v) is 8.60. The third kappa shape index (κ3) is 6.39. The molecule has 37 heavy (non-hydrogen) atoms. The molecule has 0 fully saturated rings. The molecule has 9 heteroatoms. The van der Waals surface area contributed by atoms with Crippen LogP contribution in [-0.4, -0.2) is 57.6 Å². The zero-order chi connectivity index (χ0) is 26.2. The number of amides is 2. The average molecular weight is 503 g/mol. The minimum atomic E-state index is -0.275. The Morgan fingerprint density at radius 3 is 2.38 bits per heavy atom. The van der Waals surface area contributed by atoms with E-state index < -0.39 is 0 Å². The second-order valence-electron chi connectivity index (χ2n) is 8.60. The van der Waals surface area contributed by atoms with Gasteiger partial charge < -0.3 is 29.8 Å². The van der Waals surface area contributed by atoms with Gasteiger partial charge in [-0.05, 0) is 62.6 Å². The lowest BCUT2D eigenvalue weighted by Gasteiger charge is -2.17. The molecule has 0 aliphatic rings. The minimum absolute atomic E-state index is 0.207. The fraction of sp³-hybridized carbons (Fsp3) is 0.214. The number of rotatable bonds is 12. The van der Waals surface area contributed by atoms with Crippen molar-refractivity contribution < 1.29 is 23.5 Å². The number of para-hydroxylation sites is 3. The van der Waals surface area contributed by atoms with Crippen LogP contribution in [0.1, 0.15) is 10.4 Å². The molecule has 2 amide bonds. The maximum Gasteiger partial charge on any atom is 0.255 e. The number of nitrogens with one attached hydrogen (secondary N) is 1. The van der Waals surface area contributed by atoms with Crippen molar-refractivity contribution in [3.05, 3.63) is 78.4 Å². The van der Waals surface area contributed by atoms with Crippen LogP contribution in [0.5, 0.6) is 11.5 Å². The Hall–Kier alpha value is -4.50. The summed E-state index contributed by atoms with van der Waals surface area (Å²) in [6.07, 6.45) is 0.697. The lowest BCUT2D eigenvalue weighted by Crippen LogP contribution is -2.27. The van der Waals surface area contributed by atoms with Crippen LogP contribution in [0.25, 0.3) is 11.0 Å². The Labute approximate surface area is 215 Å². The van der Waals surface area contributed by atoms with Crippen LogP contribution >= 0.6 is 0 Å². The van der Waals surface area contributed by atoms with E-state index in [1.807, 2.05) is 43.3 Å². The Morgan fingerprint density at radius 1 is 0.946 bits per heavy atom. The van der Waals surface area contributed by atoms with Crippen molar-refractivity contribution in [3.8, 4) is 11.5 Å². The number of hydrogen-bond acceptors (Lipinski definition) is 7. The highest BCUT2D eigenvalue weighted by Crippen LogP contribution is 2.39. The van der Waals surface area contributed by atoms with E-state index in [2.05, 4.69) is 5.32 Å². The summed E-state index contributed by atoms with van der Waals surface area (Å²) in [5, 5.41) is 3.59. The molecule has 1 heterocycles. The first kappa shape index (κ1) is 25.6. The molecular weight excluding hydrogens is 472 g/mol. The largest absolute Gasteiger partial charge is 0.492 e. The van der Waals surface area contributed by atoms with Crippen LogP contribution in [0.15, 0.2) is 77.2 Å².